The van der Waals surface area contributed by atoms with Gasteiger partial charge in [-0.25, -0.2) is 13.1 Å². The Bertz CT molecular complexity index is 502. The molecule has 2 N–H and O–H groups in total. The molecule has 1 aromatic carbocycles. The first-order valence-electron chi connectivity index (χ1n) is 5.23. The van der Waals surface area contributed by atoms with Crippen molar-refractivity contribution in [1.29, 1.82) is 0 Å². The van der Waals surface area contributed by atoms with Crippen LogP contribution < -0.4 is 4.72 Å². The van der Waals surface area contributed by atoms with Gasteiger partial charge in [-0.15, -0.1) is 0 Å². The summed E-state index contributed by atoms with van der Waals surface area (Å²) in [4.78, 5) is 0.0585. The molecule has 0 amide bonds. The SMILES string of the molecule is COC[C@](C)(O)CNS(=O)(=O)c1cccc(Cl)c1. The van der Waals surface area contributed by atoms with E-state index in [0.717, 1.165) is 0 Å². The van der Waals surface area contributed by atoms with Crippen LogP contribution in [0.2, 0.25) is 5.02 Å². The molecule has 0 radical (unpaired) electrons. The molecule has 5 nitrogen and oxygen atoms in total. The summed E-state index contributed by atoms with van der Waals surface area (Å²) in [6.45, 7) is 1.37. The summed E-state index contributed by atoms with van der Waals surface area (Å²) in [5, 5.41) is 10.1. The van der Waals surface area contributed by atoms with Gasteiger partial charge in [0.2, 0.25) is 10.0 Å². The van der Waals surface area contributed by atoms with Crippen molar-refractivity contribution in [3.8, 4) is 0 Å². The molecule has 0 bridgehead atoms. The third-order valence-electron chi connectivity index (χ3n) is 2.20. The van der Waals surface area contributed by atoms with Gasteiger partial charge in [0, 0.05) is 18.7 Å². The number of hydrogen-bond donors (Lipinski definition) is 2. The molecule has 102 valence electrons. The minimum Gasteiger partial charge on any atom is -0.386 e. The highest BCUT2D eigenvalue weighted by Crippen LogP contribution is 2.15. The molecule has 18 heavy (non-hydrogen) atoms. The molecule has 0 aromatic heterocycles. The van der Waals surface area contributed by atoms with Crippen LogP contribution in [-0.4, -0.2) is 39.4 Å². The molecule has 0 aliphatic heterocycles. The van der Waals surface area contributed by atoms with Gasteiger partial charge in [-0.1, -0.05) is 17.7 Å². The summed E-state index contributed by atoms with van der Waals surface area (Å²) >= 11 is 5.73. The van der Waals surface area contributed by atoms with Gasteiger partial charge >= 0.3 is 0 Å². The van der Waals surface area contributed by atoms with Gasteiger partial charge in [0.25, 0.3) is 0 Å². The highest BCUT2D eigenvalue weighted by molar-refractivity contribution is 7.89. The van der Waals surface area contributed by atoms with Crippen LogP contribution in [0.5, 0.6) is 0 Å². The average molecular weight is 294 g/mol. The predicted octanol–water partition coefficient (Wildman–Crippen LogP) is 1.02. The van der Waals surface area contributed by atoms with Crippen molar-refractivity contribution in [1.82, 2.24) is 4.72 Å². The van der Waals surface area contributed by atoms with Crippen molar-refractivity contribution in [3.05, 3.63) is 29.3 Å². The molecular formula is C11H16ClNO4S. The number of nitrogens with one attached hydrogen (secondary N) is 1. The standard InChI is InChI=1S/C11H16ClNO4S/c1-11(14,8-17-2)7-13-18(15,16)10-5-3-4-9(12)6-10/h3-6,13-14H,7-8H2,1-2H3/t11-/m1/s1. The smallest absolute Gasteiger partial charge is 0.240 e. The van der Waals surface area contributed by atoms with Gasteiger partial charge in [0.1, 0.15) is 0 Å². The molecule has 0 spiro atoms. The average Bonchev–Trinajstić information content (AvgIpc) is 2.27. The lowest BCUT2D eigenvalue weighted by Gasteiger charge is -2.22. The van der Waals surface area contributed by atoms with Crippen LogP contribution in [0.15, 0.2) is 29.2 Å². The summed E-state index contributed by atoms with van der Waals surface area (Å²) in [5.41, 5.74) is -1.26. The largest absolute Gasteiger partial charge is 0.386 e. The van der Waals surface area contributed by atoms with Crippen LogP contribution in [0.4, 0.5) is 0 Å². The third kappa shape index (κ3) is 4.55. The first kappa shape index (κ1) is 15.4. The molecule has 0 heterocycles. The highest BCUT2D eigenvalue weighted by atomic mass is 35.5. The van der Waals surface area contributed by atoms with E-state index in [2.05, 4.69) is 4.72 Å². The number of ether oxygens (including phenoxy) is 1. The summed E-state index contributed by atoms with van der Waals surface area (Å²) in [7, 11) is -2.25. The quantitative estimate of drug-likeness (QED) is 0.821. The van der Waals surface area contributed by atoms with Crippen LogP contribution >= 0.6 is 11.6 Å². The van der Waals surface area contributed by atoms with Crippen LogP contribution in [0.25, 0.3) is 0 Å². The Morgan fingerprint density at radius 3 is 2.72 bits per heavy atom. The Kier molecular flexibility index (Phi) is 5.12. The van der Waals surface area contributed by atoms with Gasteiger partial charge in [-0.3, -0.25) is 0 Å². The minimum atomic E-state index is -3.68. The molecule has 7 heteroatoms. The summed E-state index contributed by atoms with van der Waals surface area (Å²) in [6.07, 6.45) is 0. The number of aliphatic hydroxyl groups is 1. The van der Waals surface area contributed by atoms with Crippen molar-refractivity contribution >= 4 is 21.6 Å². The number of benzene rings is 1. The molecule has 0 saturated carbocycles. The van der Waals surface area contributed by atoms with E-state index < -0.39 is 15.6 Å². The van der Waals surface area contributed by atoms with E-state index in [0.29, 0.717) is 5.02 Å². The summed E-state index contributed by atoms with van der Waals surface area (Å²) in [5.74, 6) is 0. The zero-order chi connectivity index (χ0) is 13.8. The normalized spacial score (nSPS) is 15.3. The fourth-order valence-corrected chi connectivity index (χ4v) is 2.79. The zero-order valence-corrected chi connectivity index (χ0v) is 11.8. The molecule has 0 aliphatic rings. The van der Waals surface area contributed by atoms with Gasteiger partial charge in [-0.05, 0) is 25.1 Å². The predicted molar refractivity (Wildman–Crippen MR) is 69.1 cm³/mol. The van der Waals surface area contributed by atoms with Crippen LogP contribution in [0.1, 0.15) is 6.92 Å². The number of methoxy groups -OCH3 is 1. The summed E-state index contributed by atoms with van der Waals surface area (Å²) in [6, 6.07) is 5.90. The van der Waals surface area contributed by atoms with Gasteiger partial charge in [0.05, 0.1) is 17.1 Å². The zero-order valence-electron chi connectivity index (χ0n) is 10.2. The maximum absolute atomic E-state index is 11.9. The second kappa shape index (κ2) is 5.99. The fourth-order valence-electron chi connectivity index (χ4n) is 1.33. The Labute approximate surface area is 112 Å². The Hall–Kier alpha value is -0.660. The van der Waals surface area contributed by atoms with E-state index in [9.17, 15) is 13.5 Å². The van der Waals surface area contributed by atoms with Gasteiger partial charge in [0.15, 0.2) is 0 Å². The second-order valence-corrected chi connectivity index (χ2v) is 6.42. The van der Waals surface area contributed by atoms with E-state index >= 15 is 0 Å². The van der Waals surface area contributed by atoms with Crippen LogP contribution in [0, 0.1) is 0 Å². The molecule has 0 fully saturated rings. The number of rotatable bonds is 6. The van der Waals surface area contributed by atoms with Crippen molar-refractivity contribution in [3.63, 3.8) is 0 Å². The van der Waals surface area contributed by atoms with E-state index in [-0.39, 0.29) is 18.0 Å². The molecule has 0 unspecified atom stereocenters. The molecule has 1 atom stereocenters. The lowest BCUT2D eigenvalue weighted by Crippen LogP contribution is -2.43. The molecular weight excluding hydrogens is 278 g/mol. The third-order valence-corrected chi connectivity index (χ3v) is 3.84. The summed E-state index contributed by atoms with van der Waals surface area (Å²) < 4.78 is 30.9. The molecule has 1 aromatic rings. The van der Waals surface area contributed by atoms with Crippen LogP contribution in [-0.2, 0) is 14.8 Å². The van der Waals surface area contributed by atoms with E-state index in [1.165, 1.54) is 26.2 Å². The molecule has 0 aliphatic carbocycles. The maximum Gasteiger partial charge on any atom is 0.240 e. The van der Waals surface area contributed by atoms with Crippen LogP contribution in [0.3, 0.4) is 0 Å². The maximum atomic E-state index is 11.9. The monoisotopic (exact) mass is 293 g/mol. The fraction of sp³-hybridized carbons (Fsp3) is 0.455. The first-order valence-corrected chi connectivity index (χ1v) is 7.09. The Morgan fingerprint density at radius 2 is 2.17 bits per heavy atom. The highest BCUT2D eigenvalue weighted by Gasteiger charge is 2.24. The van der Waals surface area contributed by atoms with Crippen molar-refractivity contribution in [2.45, 2.75) is 17.4 Å². The number of hydrogen-bond acceptors (Lipinski definition) is 4. The first-order chi connectivity index (χ1) is 8.27. The lowest BCUT2D eigenvalue weighted by atomic mass is 10.1. The minimum absolute atomic E-state index is 0.0328. The van der Waals surface area contributed by atoms with Crippen molar-refractivity contribution in [2.75, 3.05) is 20.3 Å². The number of sulfonamides is 1. The second-order valence-electron chi connectivity index (χ2n) is 4.21. The topological polar surface area (TPSA) is 75.6 Å². The van der Waals surface area contributed by atoms with E-state index in [1.807, 2.05) is 0 Å². The van der Waals surface area contributed by atoms with Gasteiger partial charge < -0.3 is 9.84 Å². The van der Waals surface area contributed by atoms with Gasteiger partial charge in [-0.2, -0.15) is 0 Å². The Morgan fingerprint density at radius 1 is 1.50 bits per heavy atom. The molecule has 0 saturated heterocycles. The van der Waals surface area contributed by atoms with Crippen molar-refractivity contribution in [2.24, 2.45) is 0 Å². The number of halogens is 1. The molecule has 1 rings (SSSR count). The van der Waals surface area contributed by atoms with Crippen molar-refractivity contribution < 1.29 is 18.3 Å². The van der Waals surface area contributed by atoms with E-state index in [4.69, 9.17) is 16.3 Å². The van der Waals surface area contributed by atoms with E-state index in [1.54, 1.807) is 12.1 Å². The lowest BCUT2D eigenvalue weighted by molar-refractivity contribution is -0.0119. The Balaban J connectivity index is 2.78.